The zero-order valence-electron chi connectivity index (χ0n) is 15.9. The normalized spacial score (nSPS) is 11.2. The lowest BCUT2D eigenvalue weighted by Crippen LogP contribution is -2.39. The fraction of sp³-hybridized carbons (Fsp3) is 0.136. The van der Waals surface area contributed by atoms with E-state index in [1.807, 2.05) is 6.92 Å². The molecule has 5 nitrogen and oxygen atoms in total. The minimum absolute atomic E-state index is 0.106. The molecule has 2 aromatic carbocycles. The van der Waals surface area contributed by atoms with Gasteiger partial charge in [0.2, 0.25) is 0 Å². The van der Waals surface area contributed by atoms with Crippen molar-refractivity contribution in [1.29, 1.82) is 0 Å². The second-order valence-corrected chi connectivity index (χ2v) is 8.23. The van der Waals surface area contributed by atoms with Gasteiger partial charge in [0, 0.05) is 9.90 Å². The van der Waals surface area contributed by atoms with E-state index in [-0.39, 0.29) is 12.1 Å². The third-order valence-corrected chi connectivity index (χ3v) is 6.29. The molecule has 0 unspecified atom stereocenters. The van der Waals surface area contributed by atoms with Crippen molar-refractivity contribution < 1.29 is 9.18 Å². The minimum atomic E-state index is -0.677. The van der Waals surface area contributed by atoms with Gasteiger partial charge in [0.1, 0.15) is 10.6 Å². The Bertz CT molecular complexity index is 1400. The number of hydrogen-bond donors (Lipinski definition) is 0. The van der Waals surface area contributed by atoms with Crippen molar-refractivity contribution in [1.82, 2.24) is 9.13 Å². The van der Waals surface area contributed by atoms with Crippen LogP contribution in [0.5, 0.6) is 0 Å². The lowest BCUT2D eigenvalue weighted by molar-refractivity contribution is 0.0968. The lowest BCUT2D eigenvalue weighted by Gasteiger charge is -2.12. The monoisotopic (exact) mass is 442 g/mol. The number of Topliss-reactive ketones (excluding diaryl/α,β-unsaturated/α-hetero) is 1. The van der Waals surface area contributed by atoms with Gasteiger partial charge in [0.05, 0.1) is 23.2 Å². The minimum Gasteiger partial charge on any atom is -0.292 e. The molecule has 0 atom stereocenters. The quantitative estimate of drug-likeness (QED) is 0.429. The van der Waals surface area contributed by atoms with Gasteiger partial charge >= 0.3 is 5.69 Å². The number of fused-ring (bicyclic) bond motifs is 1. The van der Waals surface area contributed by atoms with E-state index in [9.17, 15) is 18.8 Å². The molecule has 0 N–H and O–H groups in total. The molecule has 0 aliphatic rings. The van der Waals surface area contributed by atoms with Crippen LogP contribution in [-0.4, -0.2) is 14.9 Å². The van der Waals surface area contributed by atoms with Gasteiger partial charge in [-0.15, -0.1) is 11.3 Å². The zero-order chi connectivity index (χ0) is 21.4. The number of halogens is 2. The molecule has 0 fully saturated rings. The van der Waals surface area contributed by atoms with Crippen LogP contribution in [0.2, 0.25) is 5.02 Å². The third-order valence-electron chi connectivity index (χ3n) is 4.76. The predicted molar refractivity (Wildman–Crippen MR) is 117 cm³/mol. The first-order chi connectivity index (χ1) is 14.4. The smallest absolute Gasteiger partial charge is 0.292 e. The van der Waals surface area contributed by atoms with E-state index in [4.69, 9.17) is 11.6 Å². The molecule has 152 valence electrons. The number of carbonyl (C=O) groups is 1. The largest absolute Gasteiger partial charge is 0.337 e. The van der Waals surface area contributed by atoms with Crippen LogP contribution in [0.4, 0.5) is 4.39 Å². The summed E-state index contributed by atoms with van der Waals surface area (Å²) in [4.78, 5) is 40.5. The Morgan fingerprint density at radius 1 is 1.10 bits per heavy atom. The Labute approximate surface area is 179 Å². The second-order valence-electron chi connectivity index (χ2n) is 6.68. The fourth-order valence-electron chi connectivity index (χ4n) is 3.27. The first-order valence-corrected chi connectivity index (χ1v) is 10.4. The van der Waals surface area contributed by atoms with E-state index in [2.05, 4.69) is 0 Å². The van der Waals surface area contributed by atoms with E-state index in [0.29, 0.717) is 27.3 Å². The molecule has 4 aromatic rings. The summed E-state index contributed by atoms with van der Waals surface area (Å²) in [6.07, 6.45) is 0.672. The van der Waals surface area contributed by atoms with Crippen LogP contribution in [0.15, 0.2) is 64.2 Å². The molecule has 2 heterocycles. The van der Waals surface area contributed by atoms with Gasteiger partial charge in [-0.2, -0.15) is 0 Å². The number of thiophene rings is 1. The van der Waals surface area contributed by atoms with Crippen LogP contribution in [0.25, 0.3) is 15.9 Å². The number of hydrogen-bond acceptors (Lipinski definition) is 4. The van der Waals surface area contributed by atoms with Crippen LogP contribution >= 0.6 is 22.9 Å². The molecule has 0 bridgehead atoms. The molecule has 0 radical (unpaired) electrons. The molecule has 2 aromatic heterocycles. The van der Waals surface area contributed by atoms with E-state index in [0.717, 1.165) is 9.44 Å². The number of ketones is 1. The van der Waals surface area contributed by atoms with Crippen molar-refractivity contribution in [3.63, 3.8) is 0 Å². The average Bonchev–Trinajstić information content (AvgIpc) is 3.16. The van der Waals surface area contributed by atoms with Crippen LogP contribution in [0.1, 0.15) is 22.2 Å². The van der Waals surface area contributed by atoms with Crippen molar-refractivity contribution in [2.45, 2.75) is 19.9 Å². The Morgan fingerprint density at radius 3 is 2.57 bits per heavy atom. The van der Waals surface area contributed by atoms with Gasteiger partial charge in [0.15, 0.2) is 5.78 Å². The predicted octanol–water partition coefficient (Wildman–Crippen LogP) is 4.45. The van der Waals surface area contributed by atoms with Crippen molar-refractivity contribution in [3.05, 3.63) is 96.7 Å². The molecule has 4 rings (SSSR count). The second kappa shape index (κ2) is 8.01. The molecule has 0 amide bonds. The lowest BCUT2D eigenvalue weighted by atomic mass is 10.1. The summed E-state index contributed by atoms with van der Waals surface area (Å²) < 4.78 is 16.3. The molecule has 0 saturated heterocycles. The van der Waals surface area contributed by atoms with Gasteiger partial charge < -0.3 is 0 Å². The molecule has 30 heavy (non-hydrogen) atoms. The number of carbonyl (C=O) groups excluding carboxylic acids is 1. The summed E-state index contributed by atoms with van der Waals surface area (Å²) in [6, 6.07) is 13.7. The van der Waals surface area contributed by atoms with Crippen molar-refractivity contribution >= 4 is 38.9 Å². The summed E-state index contributed by atoms with van der Waals surface area (Å²) >= 11 is 7.33. The number of aromatic nitrogens is 2. The van der Waals surface area contributed by atoms with Crippen LogP contribution < -0.4 is 11.2 Å². The zero-order valence-corrected chi connectivity index (χ0v) is 17.5. The Kier molecular flexibility index (Phi) is 5.40. The van der Waals surface area contributed by atoms with Gasteiger partial charge in [-0.1, -0.05) is 36.7 Å². The maximum atomic E-state index is 14.1. The van der Waals surface area contributed by atoms with Gasteiger partial charge in [-0.25, -0.2) is 13.8 Å². The maximum absolute atomic E-state index is 14.1. The highest BCUT2D eigenvalue weighted by Crippen LogP contribution is 2.24. The Morgan fingerprint density at radius 2 is 1.87 bits per heavy atom. The molecular weight excluding hydrogens is 427 g/mol. The Balaban J connectivity index is 1.97. The summed E-state index contributed by atoms with van der Waals surface area (Å²) in [5.41, 5.74) is -0.965. The van der Waals surface area contributed by atoms with E-state index < -0.39 is 22.8 Å². The van der Waals surface area contributed by atoms with Gasteiger partial charge in [0.25, 0.3) is 5.56 Å². The number of nitrogens with zero attached hydrogens (tertiary/aromatic N) is 2. The van der Waals surface area contributed by atoms with Crippen molar-refractivity contribution in [3.8, 4) is 5.69 Å². The summed E-state index contributed by atoms with van der Waals surface area (Å²) in [5.74, 6) is -1.21. The number of benzene rings is 2. The van der Waals surface area contributed by atoms with Gasteiger partial charge in [-0.3, -0.25) is 14.2 Å². The Hall–Kier alpha value is -3.03. The molecule has 0 aliphatic carbocycles. The van der Waals surface area contributed by atoms with Crippen LogP contribution in [0.3, 0.4) is 0 Å². The maximum Gasteiger partial charge on any atom is 0.337 e. The topological polar surface area (TPSA) is 61.1 Å². The molecule has 0 spiro atoms. The van der Waals surface area contributed by atoms with Crippen LogP contribution in [0, 0.1) is 5.82 Å². The highest BCUT2D eigenvalue weighted by Gasteiger charge is 2.20. The van der Waals surface area contributed by atoms with Crippen LogP contribution in [-0.2, 0) is 13.0 Å². The third kappa shape index (κ3) is 3.51. The average molecular weight is 443 g/mol. The summed E-state index contributed by atoms with van der Waals surface area (Å²) in [7, 11) is 0. The van der Waals surface area contributed by atoms with E-state index >= 15 is 0 Å². The van der Waals surface area contributed by atoms with Crippen molar-refractivity contribution in [2.75, 3.05) is 0 Å². The molecule has 0 saturated carbocycles. The van der Waals surface area contributed by atoms with Crippen molar-refractivity contribution in [2.24, 2.45) is 0 Å². The highest BCUT2D eigenvalue weighted by molar-refractivity contribution is 7.18. The van der Waals surface area contributed by atoms with Gasteiger partial charge in [-0.05, 0) is 42.8 Å². The first-order valence-electron chi connectivity index (χ1n) is 9.22. The SMILES string of the molecule is CCc1cc2c(=O)n(-c3cccc(Cl)c3)c(=O)n(CC(=O)c3ccccc3F)c2s1. The first kappa shape index (κ1) is 20.3. The standard InChI is InChI=1S/C22H16ClFN2O3S/c1-2-15-11-17-20(28)26(14-7-5-6-13(23)10-14)22(29)25(21(17)30-15)12-19(27)16-8-3-4-9-18(16)24/h3-11H,2,12H2,1H3. The highest BCUT2D eigenvalue weighted by atomic mass is 35.5. The number of rotatable bonds is 5. The number of aryl methyl sites for hydroxylation is 1. The molecule has 8 heteroatoms. The van der Waals surface area contributed by atoms with E-state index in [1.54, 1.807) is 30.3 Å². The summed E-state index contributed by atoms with van der Waals surface area (Å²) in [6.45, 7) is 1.55. The fourth-order valence-corrected chi connectivity index (χ4v) is 4.54. The molecular formula is C22H16ClFN2O3S. The molecule has 0 aliphatic heterocycles. The van der Waals surface area contributed by atoms with E-state index in [1.165, 1.54) is 40.2 Å². The summed E-state index contributed by atoms with van der Waals surface area (Å²) in [5, 5.41) is 0.699.